The van der Waals surface area contributed by atoms with Crippen LogP contribution in [0.2, 0.25) is 0 Å². The molecule has 0 radical (unpaired) electrons. The minimum atomic E-state index is -4.42. The fourth-order valence-corrected chi connectivity index (χ4v) is 6.99. The van der Waals surface area contributed by atoms with Gasteiger partial charge in [0.1, 0.15) is 0 Å². The molecular weight excluding hydrogens is 402 g/mol. The minimum Gasteiger partial charge on any atom is -0.254 e. The lowest BCUT2D eigenvalue weighted by Crippen LogP contribution is -2.25. The lowest BCUT2D eigenvalue weighted by atomic mass is 10.2. The van der Waals surface area contributed by atoms with Gasteiger partial charge in [-0.25, -0.2) is 0 Å². The van der Waals surface area contributed by atoms with E-state index in [-0.39, 0.29) is 0 Å². The predicted molar refractivity (Wildman–Crippen MR) is 119 cm³/mol. The molecule has 0 bridgehead atoms. The normalized spacial score (nSPS) is 11.8. The van der Waals surface area contributed by atoms with E-state index in [1.165, 1.54) is 6.07 Å². The van der Waals surface area contributed by atoms with Crippen LogP contribution in [-0.2, 0) is 6.18 Å². The summed E-state index contributed by atoms with van der Waals surface area (Å²) in [6.07, 6.45) is -4.42. The first-order chi connectivity index (χ1) is 14.5. The van der Waals surface area contributed by atoms with Crippen molar-refractivity contribution < 1.29 is 13.2 Å². The minimum absolute atomic E-state index is 0.315. The van der Waals surface area contributed by atoms with Crippen molar-refractivity contribution >= 4 is 28.7 Å². The number of alkyl halides is 3. The Morgan fingerprint density at radius 2 is 0.967 bits per heavy atom. The molecule has 30 heavy (non-hydrogen) atoms. The van der Waals surface area contributed by atoms with Crippen molar-refractivity contribution in [3.63, 3.8) is 0 Å². The molecule has 0 aromatic heterocycles. The van der Waals surface area contributed by atoms with E-state index < -0.39 is 18.8 Å². The van der Waals surface area contributed by atoms with Gasteiger partial charge in [0.25, 0.3) is 0 Å². The molecule has 0 aliphatic heterocycles. The van der Waals surface area contributed by atoms with Crippen LogP contribution in [0.4, 0.5) is 18.9 Å². The first-order valence-electron chi connectivity index (χ1n) is 9.46. The number of hydrogen-bond donors (Lipinski definition) is 0. The number of benzene rings is 4. The summed E-state index contributed by atoms with van der Waals surface area (Å²) in [5.41, 5.74) is -0.384. The van der Waals surface area contributed by atoms with Crippen LogP contribution in [0.15, 0.2) is 120 Å². The van der Waals surface area contributed by atoms with Crippen LogP contribution >= 0.6 is 7.05 Å². The highest BCUT2D eigenvalue weighted by Gasteiger charge is 2.31. The molecule has 150 valence electrons. The number of hydrogen-bond acceptors (Lipinski definition) is 1. The van der Waals surface area contributed by atoms with Crippen molar-refractivity contribution in [2.75, 3.05) is 0 Å². The van der Waals surface area contributed by atoms with E-state index in [1.54, 1.807) is 6.07 Å². The number of halogens is 3. The van der Waals surface area contributed by atoms with E-state index in [9.17, 15) is 13.2 Å². The van der Waals surface area contributed by atoms with Crippen LogP contribution in [0.1, 0.15) is 5.56 Å². The van der Waals surface area contributed by atoms with Gasteiger partial charge >= 0.3 is 6.18 Å². The Bertz CT molecular complexity index is 1070. The summed E-state index contributed by atoms with van der Waals surface area (Å²) in [6, 6.07) is 34.7. The second kappa shape index (κ2) is 8.33. The Morgan fingerprint density at radius 3 is 1.37 bits per heavy atom. The Morgan fingerprint density at radius 1 is 0.533 bits per heavy atom. The molecule has 0 unspecified atom stereocenters. The monoisotopic (exact) mass is 421 g/mol. The summed E-state index contributed by atoms with van der Waals surface area (Å²) >= 11 is 0. The van der Waals surface area contributed by atoms with Gasteiger partial charge in [-0.1, -0.05) is 97.1 Å². The summed E-state index contributed by atoms with van der Waals surface area (Å²) < 4.78 is 45.1. The highest BCUT2D eigenvalue weighted by atomic mass is 31.2. The maximum atomic E-state index is 13.3. The molecule has 0 aliphatic carbocycles. The molecule has 5 heteroatoms. The van der Waals surface area contributed by atoms with Gasteiger partial charge in [-0.2, -0.15) is 13.2 Å². The average molecular weight is 421 g/mol. The molecule has 4 aromatic rings. The van der Waals surface area contributed by atoms with Gasteiger partial charge in [0.05, 0.1) is 18.3 Å². The average Bonchev–Trinajstić information content (AvgIpc) is 2.79. The van der Waals surface area contributed by atoms with Crippen molar-refractivity contribution in [3.05, 3.63) is 121 Å². The molecule has 0 saturated heterocycles. The molecule has 0 spiro atoms. The predicted octanol–water partition coefficient (Wildman–Crippen LogP) is 6.51. The SMILES string of the molecule is FC(F)(F)c1cccc(N=P(c2ccccc2)(c2ccccc2)c2ccccc2)c1. The third-order valence-corrected chi connectivity index (χ3v) is 8.50. The van der Waals surface area contributed by atoms with Crippen LogP contribution in [0.25, 0.3) is 0 Å². The third-order valence-electron chi connectivity index (χ3n) is 4.83. The first-order valence-corrected chi connectivity index (χ1v) is 11.2. The van der Waals surface area contributed by atoms with Gasteiger partial charge in [-0.3, -0.25) is 4.74 Å². The van der Waals surface area contributed by atoms with E-state index in [0.29, 0.717) is 5.69 Å². The van der Waals surface area contributed by atoms with Crippen molar-refractivity contribution in [2.45, 2.75) is 6.18 Å². The van der Waals surface area contributed by atoms with Gasteiger partial charge in [-0.15, -0.1) is 0 Å². The van der Waals surface area contributed by atoms with Crippen molar-refractivity contribution in [1.82, 2.24) is 0 Å². The molecule has 0 fully saturated rings. The largest absolute Gasteiger partial charge is 0.416 e. The summed E-state index contributed by atoms with van der Waals surface area (Å²) in [4.78, 5) is 0. The highest BCUT2D eigenvalue weighted by Crippen LogP contribution is 2.49. The standard InChI is InChI=1S/C25H19F3NP/c26-25(27,28)20-11-10-12-21(19-20)29-30(22-13-4-1-5-14-22,23-15-6-2-7-16-23)24-17-8-3-9-18-24/h1-19H. The molecular formula is C25H19F3NP. The van der Waals surface area contributed by atoms with Gasteiger partial charge in [0, 0.05) is 15.9 Å². The quantitative estimate of drug-likeness (QED) is 0.333. The molecule has 4 aromatic carbocycles. The second-order valence-electron chi connectivity index (χ2n) is 6.79. The van der Waals surface area contributed by atoms with Gasteiger partial charge in [-0.05, 0) is 18.2 Å². The Hall–Kier alpha value is -3.10. The van der Waals surface area contributed by atoms with Crippen LogP contribution in [0.3, 0.4) is 0 Å². The zero-order chi connectivity index (χ0) is 21.0. The van der Waals surface area contributed by atoms with Crippen molar-refractivity contribution in [2.24, 2.45) is 4.74 Å². The lowest BCUT2D eigenvalue weighted by Gasteiger charge is -2.27. The van der Waals surface area contributed by atoms with Gasteiger partial charge in [0.2, 0.25) is 0 Å². The van der Waals surface area contributed by atoms with Gasteiger partial charge in [0.15, 0.2) is 0 Å². The molecule has 0 amide bonds. The molecule has 0 heterocycles. The van der Waals surface area contributed by atoms with E-state index in [4.69, 9.17) is 4.74 Å². The third kappa shape index (κ3) is 3.96. The maximum absolute atomic E-state index is 13.3. The Kier molecular flexibility index (Phi) is 5.61. The van der Waals surface area contributed by atoms with E-state index in [1.807, 2.05) is 91.0 Å². The topological polar surface area (TPSA) is 12.4 Å². The summed E-state index contributed by atoms with van der Waals surface area (Å²) in [5, 5.41) is 2.96. The molecule has 0 aliphatic rings. The summed E-state index contributed by atoms with van der Waals surface area (Å²) in [6.45, 7) is 0. The molecule has 0 atom stereocenters. The molecule has 0 saturated carbocycles. The van der Waals surface area contributed by atoms with E-state index in [0.717, 1.165) is 28.0 Å². The zero-order valence-electron chi connectivity index (χ0n) is 16.0. The zero-order valence-corrected chi connectivity index (χ0v) is 16.9. The number of nitrogens with zero attached hydrogens (tertiary/aromatic N) is 1. The lowest BCUT2D eigenvalue weighted by molar-refractivity contribution is -0.137. The summed E-state index contributed by atoms with van der Waals surface area (Å²) in [7, 11) is -2.59. The van der Waals surface area contributed by atoms with E-state index in [2.05, 4.69) is 0 Å². The molecule has 1 nitrogen and oxygen atoms in total. The molecule has 4 rings (SSSR count). The van der Waals surface area contributed by atoms with E-state index >= 15 is 0 Å². The van der Waals surface area contributed by atoms with Crippen molar-refractivity contribution in [1.29, 1.82) is 0 Å². The Labute approximate surface area is 173 Å². The maximum Gasteiger partial charge on any atom is 0.416 e. The summed E-state index contributed by atoms with van der Waals surface area (Å²) in [5.74, 6) is 0. The first kappa shape index (κ1) is 20.2. The number of rotatable bonds is 4. The smallest absolute Gasteiger partial charge is 0.254 e. The molecule has 0 N–H and O–H groups in total. The van der Waals surface area contributed by atoms with Gasteiger partial charge < -0.3 is 0 Å². The van der Waals surface area contributed by atoms with Crippen LogP contribution < -0.4 is 15.9 Å². The van der Waals surface area contributed by atoms with Crippen LogP contribution in [0, 0.1) is 0 Å². The van der Waals surface area contributed by atoms with Crippen LogP contribution in [-0.4, -0.2) is 0 Å². The van der Waals surface area contributed by atoms with Crippen LogP contribution in [0.5, 0.6) is 0 Å². The fraction of sp³-hybridized carbons (Fsp3) is 0.0400. The highest BCUT2D eigenvalue weighted by molar-refractivity contribution is 7.87. The Balaban J connectivity index is 2.10. The fourth-order valence-electron chi connectivity index (χ4n) is 3.47. The second-order valence-corrected chi connectivity index (χ2v) is 9.81. The van der Waals surface area contributed by atoms with Crippen molar-refractivity contribution in [3.8, 4) is 0 Å².